The monoisotopic (exact) mass is 654 g/mol. The number of rotatable bonds is 13. The lowest BCUT2D eigenvalue weighted by Gasteiger charge is -2.21. The molecule has 3 aromatic rings. The smallest absolute Gasteiger partial charge is 0.411 e. The van der Waals surface area contributed by atoms with Gasteiger partial charge in [0.1, 0.15) is 6.10 Å². The van der Waals surface area contributed by atoms with Gasteiger partial charge in [0.15, 0.2) is 6.29 Å². The fourth-order valence-corrected chi connectivity index (χ4v) is 7.07. The van der Waals surface area contributed by atoms with Crippen LogP contribution in [-0.4, -0.2) is 80.3 Å². The van der Waals surface area contributed by atoms with E-state index in [4.69, 9.17) is 14.2 Å². The summed E-state index contributed by atoms with van der Waals surface area (Å²) in [5.41, 5.74) is 4.42. The van der Waals surface area contributed by atoms with Crippen LogP contribution in [-0.2, 0) is 23.8 Å². The lowest BCUT2D eigenvalue weighted by atomic mass is 10.0. The second kappa shape index (κ2) is 16.2. The first-order chi connectivity index (χ1) is 23.4. The Labute approximate surface area is 282 Å². The number of hydrogen-bond acceptors (Lipinski definition) is 7. The molecule has 6 rings (SSSR count). The summed E-state index contributed by atoms with van der Waals surface area (Å²) >= 11 is 0. The number of unbranched alkanes of at least 4 members (excludes halogenated alkanes) is 1. The lowest BCUT2D eigenvalue weighted by molar-refractivity contribution is -0.130. The minimum atomic E-state index is -0.412. The number of nitrogens with one attached hydrogen (secondary N) is 2. The van der Waals surface area contributed by atoms with Gasteiger partial charge < -0.3 is 29.3 Å². The van der Waals surface area contributed by atoms with Crippen LogP contribution in [0.5, 0.6) is 0 Å². The van der Waals surface area contributed by atoms with Gasteiger partial charge in [-0.15, -0.1) is 0 Å². The van der Waals surface area contributed by atoms with Crippen LogP contribution in [0.1, 0.15) is 50.4 Å². The number of hydrogen-bond donors (Lipinski definition) is 2. The van der Waals surface area contributed by atoms with Crippen LogP contribution < -0.4 is 10.6 Å². The van der Waals surface area contributed by atoms with Gasteiger partial charge in [0.05, 0.1) is 18.9 Å². The van der Waals surface area contributed by atoms with Crippen molar-refractivity contribution < 1.29 is 28.6 Å². The summed E-state index contributed by atoms with van der Waals surface area (Å²) in [4.78, 5) is 42.2. The van der Waals surface area contributed by atoms with Gasteiger partial charge in [0.25, 0.3) is 0 Å². The lowest BCUT2D eigenvalue weighted by Crippen LogP contribution is -2.33. The maximum atomic E-state index is 12.8. The van der Waals surface area contributed by atoms with E-state index in [1.165, 1.54) is 0 Å². The van der Waals surface area contributed by atoms with Gasteiger partial charge in [-0.3, -0.25) is 14.9 Å². The van der Waals surface area contributed by atoms with Gasteiger partial charge in [-0.25, -0.2) is 4.79 Å². The van der Waals surface area contributed by atoms with Crippen LogP contribution in [0.25, 0.3) is 11.1 Å². The van der Waals surface area contributed by atoms with Crippen LogP contribution >= 0.6 is 0 Å². The molecule has 0 bridgehead atoms. The summed E-state index contributed by atoms with van der Waals surface area (Å²) in [7, 11) is 1.84. The zero-order valence-electron chi connectivity index (χ0n) is 27.6. The number of carbonyl (C=O) groups is 3. The highest BCUT2D eigenvalue weighted by Gasteiger charge is 2.42. The van der Waals surface area contributed by atoms with Crippen molar-refractivity contribution in [3.8, 4) is 11.1 Å². The number of para-hydroxylation sites is 1. The Morgan fingerprint density at radius 1 is 0.833 bits per heavy atom. The molecule has 2 aliphatic heterocycles. The number of carbonyl (C=O) groups excluding carboxylic acids is 3. The van der Waals surface area contributed by atoms with Crippen molar-refractivity contribution in [1.29, 1.82) is 0 Å². The maximum absolute atomic E-state index is 12.8. The number of amides is 3. The molecule has 2 unspecified atom stereocenters. The van der Waals surface area contributed by atoms with E-state index in [9.17, 15) is 14.4 Å². The largest absolute Gasteiger partial charge is 0.446 e. The van der Waals surface area contributed by atoms with E-state index >= 15 is 0 Å². The predicted molar refractivity (Wildman–Crippen MR) is 184 cm³/mol. The van der Waals surface area contributed by atoms with Crippen LogP contribution in [0, 0.1) is 11.8 Å². The maximum Gasteiger partial charge on any atom is 0.411 e. The molecule has 2 N–H and O–H groups in total. The summed E-state index contributed by atoms with van der Waals surface area (Å²) in [6.45, 7) is 4.41. The SMILES string of the molecule is CN(CCCCC(=O)Nc1ccc(C2OCCO2)cc1)C(=O)CCN1CC2CC(OC(=O)Nc3ccccc3-c3ccccc3)CC2C1. The van der Waals surface area contributed by atoms with Crippen molar-refractivity contribution in [2.75, 3.05) is 57.1 Å². The summed E-state index contributed by atoms with van der Waals surface area (Å²) in [5.74, 6) is 1.05. The van der Waals surface area contributed by atoms with E-state index in [-0.39, 0.29) is 24.2 Å². The predicted octanol–water partition coefficient (Wildman–Crippen LogP) is 6.32. The van der Waals surface area contributed by atoms with E-state index in [0.717, 1.165) is 67.0 Å². The van der Waals surface area contributed by atoms with Gasteiger partial charge in [-0.1, -0.05) is 60.7 Å². The second-order valence-electron chi connectivity index (χ2n) is 13.1. The molecule has 2 saturated heterocycles. The first-order valence-electron chi connectivity index (χ1n) is 17.1. The molecule has 2 heterocycles. The molecule has 0 spiro atoms. The number of nitrogens with zero attached hydrogens (tertiary/aromatic N) is 2. The highest BCUT2D eigenvalue weighted by molar-refractivity contribution is 5.92. The third kappa shape index (κ3) is 9.00. The third-order valence-corrected chi connectivity index (χ3v) is 9.61. The van der Waals surface area contributed by atoms with Crippen LogP contribution in [0.4, 0.5) is 16.2 Å². The minimum Gasteiger partial charge on any atom is -0.446 e. The first kappa shape index (κ1) is 33.6. The van der Waals surface area contributed by atoms with Crippen molar-refractivity contribution in [1.82, 2.24) is 9.80 Å². The van der Waals surface area contributed by atoms with E-state index in [1.807, 2.05) is 85.9 Å². The summed E-state index contributed by atoms with van der Waals surface area (Å²) in [6.07, 6.45) is 3.24. The van der Waals surface area contributed by atoms with Gasteiger partial charge >= 0.3 is 6.09 Å². The zero-order valence-corrected chi connectivity index (χ0v) is 27.6. The molecule has 1 aliphatic carbocycles. The molecule has 0 radical (unpaired) electrons. The van der Waals surface area contributed by atoms with E-state index in [0.29, 0.717) is 50.9 Å². The Balaban J connectivity index is 0.836. The van der Waals surface area contributed by atoms with E-state index in [1.54, 1.807) is 4.90 Å². The minimum absolute atomic E-state index is 0.0358. The molecule has 1 saturated carbocycles. The number of anilines is 2. The van der Waals surface area contributed by atoms with Crippen molar-refractivity contribution >= 4 is 29.3 Å². The molecular formula is C38H46N4O6. The topological polar surface area (TPSA) is 109 Å². The normalized spacial score (nSPS) is 20.7. The molecule has 0 aromatic heterocycles. The fraction of sp³-hybridized carbons (Fsp3) is 0.447. The van der Waals surface area contributed by atoms with Gasteiger partial charge in [0, 0.05) is 62.9 Å². The van der Waals surface area contributed by atoms with E-state index < -0.39 is 6.09 Å². The Morgan fingerprint density at radius 2 is 1.52 bits per heavy atom. The van der Waals surface area contributed by atoms with Crippen molar-refractivity contribution in [2.24, 2.45) is 11.8 Å². The first-order valence-corrected chi connectivity index (χ1v) is 17.1. The second-order valence-corrected chi connectivity index (χ2v) is 13.1. The van der Waals surface area contributed by atoms with Gasteiger partial charge in [-0.2, -0.15) is 0 Å². The molecule has 2 atom stereocenters. The molecule has 3 fully saturated rings. The van der Waals surface area contributed by atoms with Crippen LogP contribution in [0.3, 0.4) is 0 Å². The average Bonchev–Trinajstić information content (AvgIpc) is 3.85. The van der Waals surface area contributed by atoms with Crippen molar-refractivity contribution in [2.45, 2.75) is 50.9 Å². The Hall–Kier alpha value is -4.25. The molecule has 254 valence electrons. The number of likely N-dealkylation sites (tertiary alicyclic amines) is 1. The van der Waals surface area contributed by atoms with E-state index in [2.05, 4.69) is 15.5 Å². The highest BCUT2D eigenvalue weighted by atomic mass is 16.7. The highest BCUT2D eigenvalue weighted by Crippen LogP contribution is 2.40. The molecule has 3 aliphatic rings. The average molecular weight is 655 g/mol. The van der Waals surface area contributed by atoms with Gasteiger partial charge in [0.2, 0.25) is 11.8 Å². The quantitative estimate of drug-likeness (QED) is 0.208. The summed E-state index contributed by atoms with van der Waals surface area (Å²) < 4.78 is 16.9. The zero-order chi connectivity index (χ0) is 33.3. The number of fused-ring (bicyclic) bond motifs is 1. The fourth-order valence-electron chi connectivity index (χ4n) is 7.07. The third-order valence-electron chi connectivity index (χ3n) is 9.61. The Morgan fingerprint density at radius 3 is 2.25 bits per heavy atom. The summed E-state index contributed by atoms with van der Waals surface area (Å²) in [6, 6.07) is 25.3. The molecular weight excluding hydrogens is 608 g/mol. The van der Waals surface area contributed by atoms with Crippen LogP contribution in [0.2, 0.25) is 0 Å². The van der Waals surface area contributed by atoms with Crippen LogP contribution in [0.15, 0.2) is 78.9 Å². The number of ether oxygens (including phenoxy) is 3. The standard InChI is InChI=1S/C38H46N4O6/c1-41(19-8-7-13-35(43)39-31-16-14-28(15-17-31)37-46-21-22-47-37)36(44)18-20-42-25-29-23-32(24-30(29)26-42)48-38(45)40-34-12-6-5-11-33(34)27-9-3-2-4-10-27/h2-6,9-12,14-17,29-30,32,37H,7-8,13,18-26H2,1H3,(H,39,43)(H,40,45). The summed E-state index contributed by atoms with van der Waals surface area (Å²) in [5, 5.41) is 5.89. The number of benzene rings is 3. The van der Waals surface area contributed by atoms with Crippen molar-refractivity contribution in [3.63, 3.8) is 0 Å². The molecule has 48 heavy (non-hydrogen) atoms. The van der Waals surface area contributed by atoms with Gasteiger partial charge in [-0.05, 0) is 61.3 Å². The van der Waals surface area contributed by atoms with Crippen molar-refractivity contribution in [3.05, 3.63) is 84.4 Å². The molecule has 3 aromatic carbocycles. The Kier molecular flexibility index (Phi) is 11.4. The molecule has 3 amide bonds. The molecule has 10 heteroatoms. The molecule has 10 nitrogen and oxygen atoms in total. The Bertz CT molecular complexity index is 1510.